The molecule has 0 amide bonds. The predicted molar refractivity (Wildman–Crippen MR) is 98.9 cm³/mol. The standard InChI is InChI=1S/C20H21NO5/c1-21(11-13-4-6-16(24-2)10-18(13)25-3)12-14-8-20(23)26-19-9-15(22)5-7-17(14)19/h4-10,22H,11-12H2,1-3H3. The molecule has 3 aromatic rings. The number of phenols is 1. The fourth-order valence-electron chi connectivity index (χ4n) is 2.97. The molecule has 0 bridgehead atoms. The molecule has 136 valence electrons. The van der Waals surface area contributed by atoms with E-state index in [-0.39, 0.29) is 5.75 Å². The van der Waals surface area contributed by atoms with E-state index in [1.165, 1.54) is 12.1 Å². The van der Waals surface area contributed by atoms with Crippen LogP contribution in [0, 0.1) is 0 Å². The van der Waals surface area contributed by atoms with Crippen LogP contribution in [0.2, 0.25) is 0 Å². The Hall–Kier alpha value is -2.99. The van der Waals surface area contributed by atoms with Crippen molar-refractivity contribution < 1.29 is 19.0 Å². The molecule has 3 rings (SSSR count). The lowest BCUT2D eigenvalue weighted by Crippen LogP contribution is -2.19. The van der Waals surface area contributed by atoms with Crippen LogP contribution in [0.15, 0.2) is 51.7 Å². The van der Waals surface area contributed by atoms with Crippen molar-refractivity contribution in [2.45, 2.75) is 13.1 Å². The Bertz CT molecular complexity index is 980. The van der Waals surface area contributed by atoms with Gasteiger partial charge in [-0.3, -0.25) is 4.90 Å². The molecule has 6 nitrogen and oxygen atoms in total. The van der Waals surface area contributed by atoms with Gasteiger partial charge in [0, 0.05) is 42.2 Å². The first kappa shape index (κ1) is 17.8. The summed E-state index contributed by atoms with van der Waals surface area (Å²) < 4.78 is 15.8. The number of methoxy groups -OCH3 is 2. The molecule has 0 saturated carbocycles. The van der Waals surface area contributed by atoms with E-state index in [0.29, 0.717) is 18.7 Å². The maximum atomic E-state index is 11.8. The molecule has 0 aliphatic carbocycles. The maximum Gasteiger partial charge on any atom is 0.336 e. The molecule has 0 spiro atoms. The van der Waals surface area contributed by atoms with Crippen LogP contribution >= 0.6 is 0 Å². The average molecular weight is 355 g/mol. The van der Waals surface area contributed by atoms with Crippen molar-refractivity contribution in [1.29, 1.82) is 0 Å². The minimum atomic E-state index is -0.437. The van der Waals surface area contributed by atoms with Crippen LogP contribution in [0.4, 0.5) is 0 Å². The summed E-state index contributed by atoms with van der Waals surface area (Å²) in [4.78, 5) is 13.9. The summed E-state index contributed by atoms with van der Waals surface area (Å²) >= 11 is 0. The smallest absolute Gasteiger partial charge is 0.336 e. The van der Waals surface area contributed by atoms with E-state index in [1.807, 2.05) is 25.2 Å². The van der Waals surface area contributed by atoms with Crippen LogP contribution in [0.5, 0.6) is 17.2 Å². The largest absolute Gasteiger partial charge is 0.508 e. The number of nitrogens with zero attached hydrogens (tertiary/aromatic N) is 1. The van der Waals surface area contributed by atoms with Crippen LogP contribution in [-0.2, 0) is 13.1 Å². The Kier molecular flexibility index (Phi) is 5.14. The van der Waals surface area contributed by atoms with E-state index < -0.39 is 5.63 Å². The quantitative estimate of drug-likeness (QED) is 0.685. The molecule has 2 aromatic carbocycles. The maximum absolute atomic E-state index is 11.8. The molecule has 26 heavy (non-hydrogen) atoms. The van der Waals surface area contributed by atoms with Gasteiger partial charge in [-0.1, -0.05) is 6.07 Å². The highest BCUT2D eigenvalue weighted by atomic mass is 16.5. The van der Waals surface area contributed by atoms with Gasteiger partial charge < -0.3 is 19.0 Å². The minimum Gasteiger partial charge on any atom is -0.508 e. The van der Waals surface area contributed by atoms with E-state index >= 15 is 0 Å². The van der Waals surface area contributed by atoms with Gasteiger partial charge in [0.05, 0.1) is 14.2 Å². The molecule has 0 fully saturated rings. The zero-order valence-electron chi connectivity index (χ0n) is 15.0. The summed E-state index contributed by atoms with van der Waals surface area (Å²) in [7, 11) is 5.20. The van der Waals surface area contributed by atoms with E-state index in [2.05, 4.69) is 4.90 Å². The van der Waals surface area contributed by atoms with Gasteiger partial charge in [-0.25, -0.2) is 4.79 Å². The lowest BCUT2D eigenvalue weighted by Gasteiger charge is -2.19. The number of hydrogen-bond acceptors (Lipinski definition) is 6. The first-order valence-electron chi connectivity index (χ1n) is 8.15. The number of phenolic OH excluding ortho intramolecular Hbond substituents is 1. The highest BCUT2D eigenvalue weighted by molar-refractivity contribution is 5.81. The Morgan fingerprint density at radius 3 is 2.50 bits per heavy atom. The monoisotopic (exact) mass is 355 g/mol. The molecule has 0 radical (unpaired) electrons. The normalized spacial score (nSPS) is 11.1. The lowest BCUT2D eigenvalue weighted by atomic mass is 10.1. The van der Waals surface area contributed by atoms with Crippen molar-refractivity contribution in [2.24, 2.45) is 0 Å². The lowest BCUT2D eigenvalue weighted by molar-refractivity contribution is 0.309. The van der Waals surface area contributed by atoms with E-state index in [4.69, 9.17) is 13.9 Å². The second-order valence-electron chi connectivity index (χ2n) is 6.12. The Morgan fingerprint density at radius 1 is 1.00 bits per heavy atom. The molecule has 0 unspecified atom stereocenters. The Balaban J connectivity index is 1.86. The zero-order valence-corrected chi connectivity index (χ0v) is 15.0. The summed E-state index contributed by atoms with van der Waals surface area (Å²) in [6, 6.07) is 12.0. The van der Waals surface area contributed by atoms with E-state index in [0.717, 1.165) is 28.0 Å². The van der Waals surface area contributed by atoms with E-state index in [1.54, 1.807) is 26.4 Å². The highest BCUT2D eigenvalue weighted by Gasteiger charge is 2.12. The zero-order chi connectivity index (χ0) is 18.7. The topological polar surface area (TPSA) is 72.1 Å². The molecule has 1 N–H and O–H groups in total. The molecular weight excluding hydrogens is 334 g/mol. The second-order valence-corrected chi connectivity index (χ2v) is 6.12. The molecule has 1 aromatic heterocycles. The Morgan fingerprint density at radius 2 is 1.77 bits per heavy atom. The van der Waals surface area contributed by atoms with Crippen LogP contribution in [0.1, 0.15) is 11.1 Å². The van der Waals surface area contributed by atoms with Crippen molar-refractivity contribution in [3.63, 3.8) is 0 Å². The molecule has 0 aliphatic rings. The van der Waals surface area contributed by atoms with Crippen molar-refractivity contribution >= 4 is 11.0 Å². The summed E-state index contributed by atoms with van der Waals surface area (Å²) in [5.74, 6) is 1.55. The van der Waals surface area contributed by atoms with Gasteiger partial charge in [0.2, 0.25) is 0 Å². The fraction of sp³-hybridized carbons (Fsp3) is 0.250. The van der Waals surface area contributed by atoms with Crippen LogP contribution < -0.4 is 15.1 Å². The third kappa shape index (κ3) is 3.81. The van der Waals surface area contributed by atoms with Crippen molar-refractivity contribution in [2.75, 3.05) is 21.3 Å². The highest BCUT2D eigenvalue weighted by Crippen LogP contribution is 2.27. The van der Waals surface area contributed by atoms with Crippen LogP contribution in [0.25, 0.3) is 11.0 Å². The molecule has 1 heterocycles. The van der Waals surface area contributed by atoms with Crippen molar-refractivity contribution in [1.82, 2.24) is 4.90 Å². The number of fused-ring (bicyclic) bond motifs is 1. The van der Waals surface area contributed by atoms with E-state index in [9.17, 15) is 9.90 Å². The summed E-state index contributed by atoms with van der Waals surface area (Å²) in [6.45, 7) is 1.18. The number of hydrogen-bond donors (Lipinski definition) is 1. The predicted octanol–water partition coefficient (Wildman–Crippen LogP) is 3.15. The molecule has 0 atom stereocenters. The number of benzene rings is 2. The summed E-state index contributed by atoms with van der Waals surface area (Å²) in [6.07, 6.45) is 0. The van der Waals surface area contributed by atoms with Gasteiger partial charge in [0.15, 0.2) is 0 Å². The average Bonchev–Trinajstić information content (AvgIpc) is 2.61. The van der Waals surface area contributed by atoms with Gasteiger partial charge in [0.1, 0.15) is 22.8 Å². The summed E-state index contributed by atoms with van der Waals surface area (Å²) in [5.41, 5.74) is 1.79. The minimum absolute atomic E-state index is 0.0640. The number of aromatic hydroxyl groups is 1. The number of rotatable bonds is 6. The molecule has 0 saturated heterocycles. The summed E-state index contributed by atoms with van der Waals surface area (Å²) in [5, 5.41) is 10.4. The van der Waals surface area contributed by atoms with Gasteiger partial charge in [-0.15, -0.1) is 0 Å². The SMILES string of the molecule is COc1ccc(CN(C)Cc2cc(=O)oc3cc(O)ccc23)c(OC)c1. The third-order valence-electron chi connectivity index (χ3n) is 4.19. The van der Waals surface area contributed by atoms with Crippen molar-refractivity contribution in [3.8, 4) is 17.2 Å². The first-order valence-corrected chi connectivity index (χ1v) is 8.15. The van der Waals surface area contributed by atoms with Gasteiger partial charge in [0.25, 0.3) is 0 Å². The third-order valence-corrected chi connectivity index (χ3v) is 4.19. The van der Waals surface area contributed by atoms with Crippen LogP contribution in [-0.4, -0.2) is 31.3 Å². The van der Waals surface area contributed by atoms with Gasteiger partial charge >= 0.3 is 5.63 Å². The second kappa shape index (κ2) is 7.49. The van der Waals surface area contributed by atoms with Gasteiger partial charge in [-0.2, -0.15) is 0 Å². The van der Waals surface area contributed by atoms with Crippen molar-refractivity contribution in [3.05, 3.63) is 64.0 Å². The Labute approximate surface area is 151 Å². The molecule has 0 aliphatic heterocycles. The fourth-order valence-corrected chi connectivity index (χ4v) is 2.97. The molecule has 6 heteroatoms. The first-order chi connectivity index (χ1) is 12.5. The number of ether oxygens (including phenoxy) is 2. The molecular formula is C20H21NO5. The van der Waals surface area contributed by atoms with Gasteiger partial charge in [-0.05, 0) is 30.8 Å². The van der Waals surface area contributed by atoms with Crippen LogP contribution in [0.3, 0.4) is 0 Å².